The van der Waals surface area contributed by atoms with Crippen LogP contribution in [0.3, 0.4) is 0 Å². The Morgan fingerprint density at radius 2 is 1.50 bits per heavy atom. The summed E-state index contributed by atoms with van der Waals surface area (Å²) in [5.41, 5.74) is 0. The molecule has 0 heterocycles. The largest absolute Gasteiger partial charge is 0.394 e. The number of hydrogen-bond acceptors (Lipinski definition) is 2. The molecule has 8 heavy (non-hydrogen) atoms. The van der Waals surface area contributed by atoms with E-state index in [1.807, 2.05) is 0 Å². The van der Waals surface area contributed by atoms with Crippen molar-refractivity contribution in [2.24, 2.45) is 0 Å². The predicted molar refractivity (Wildman–Crippen MR) is 24.7 cm³/mol. The minimum absolute atomic E-state index is 1.07. The molecule has 0 aromatic rings. The maximum Gasteiger partial charge on any atom is 0.394 e. The minimum Gasteiger partial charge on any atom is -0.264 e. The molecule has 4 nitrogen and oxygen atoms in total. The van der Waals surface area contributed by atoms with Crippen LogP contribution < -0.4 is 0 Å². The molecule has 0 saturated carbocycles. The summed E-state index contributed by atoms with van der Waals surface area (Å²) in [7, 11) is -4.67. The summed E-state index contributed by atoms with van der Waals surface area (Å²) in [4.78, 5) is 0. The van der Waals surface area contributed by atoms with Crippen LogP contribution in [0.4, 0.5) is 0 Å². The third kappa shape index (κ3) is 354. The van der Waals surface area contributed by atoms with Gasteiger partial charge in [0.15, 0.2) is 0 Å². The Labute approximate surface area is 64.8 Å². The van der Waals surface area contributed by atoms with E-state index < -0.39 is 10.4 Å². The van der Waals surface area contributed by atoms with Crippen molar-refractivity contribution >= 4 is 10.4 Å². The molecular formula is C2H7HgO4S. The van der Waals surface area contributed by atoms with Gasteiger partial charge in [0.1, 0.15) is 0 Å². The first kappa shape index (κ1) is 11.6. The zero-order valence-electron chi connectivity index (χ0n) is 4.53. The molecule has 0 fully saturated rings. The van der Waals surface area contributed by atoms with Gasteiger partial charge >= 0.3 is 47.4 Å². The van der Waals surface area contributed by atoms with Crippen molar-refractivity contribution in [2.45, 2.75) is 10.9 Å². The van der Waals surface area contributed by atoms with Gasteiger partial charge in [-0.25, -0.2) is 0 Å². The van der Waals surface area contributed by atoms with Crippen molar-refractivity contribution in [3.8, 4) is 0 Å². The Balaban J connectivity index is 0. The van der Waals surface area contributed by atoms with Gasteiger partial charge in [0.05, 0.1) is 0 Å². The summed E-state index contributed by atoms with van der Waals surface area (Å²) in [6, 6.07) is 0. The molecule has 0 aliphatic heterocycles. The average molecular weight is 328 g/mol. The van der Waals surface area contributed by atoms with Gasteiger partial charge in [0.2, 0.25) is 0 Å². The van der Waals surface area contributed by atoms with Crippen LogP contribution in [0, 0.1) is 0 Å². The van der Waals surface area contributed by atoms with Crippen molar-refractivity contribution in [1.29, 1.82) is 0 Å². The van der Waals surface area contributed by atoms with Crippen molar-refractivity contribution in [1.82, 2.24) is 0 Å². The fourth-order valence-electron chi connectivity index (χ4n) is 0. The number of rotatable bonds is 0. The summed E-state index contributed by atoms with van der Waals surface area (Å²) in [6.07, 6.45) is 0. The van der Waals surface area contributed by atoms with E-state index >= 15 is 0 Å². The Hall–Kier alpha value is 0.805. The van der Waals surface area contributed by atoms with E-state index in [-0.39, 0.29) is 0 Å². The molecule has 0 atom stereocenters. The first-order valence-electron chi connectivity index (χ1n) is 1.91. The second-order valence-corrected chi connectivity index (χ2v) is 5.73. The van der Waals surface area contributed by atoms with Crippen molar-refractivity contribution in [2.75, 3.05) is 0 Å². The zero-order valence-corrected chi connectivity index (χ0v) is 10.8. The molecule has 6 heteroatoms. The van der Waals surface area contributed by atoms with Crippen LogP contribution in [0.15, 0.2) is 0 Å². The van der Waals surface area contributed by atoms with E-state index in [4.69, 9.17) is 17.5 Å². The zero-order chi connectivity index (χ0) is 7.21. The monoisotopic (exact) mass is 329 g/mol. The van der Waals surface area contributed by atoms with E-state index in [0.29, 0.717) is 0 Å². The van der Waals surface area contributed by atoms with Crippen LogP contribution in [-0.2, 0) is 36.5 Å². The van der Waals surface area contributed by atoms with Crippen LogP contribution in [0.2, 0.25) is 3.93 Å². The fraction of sp³-hybridized carbons (Fsp3) is 1.00. The molecule has 0 aromatic carbocycles. The van der Waals surface area contributed by atoms with Crippen molar-refractivity contribution < 1.29 is 43.6 Å². The van der Waals surface area contributed by atoms with Crippen LogP contribution in [0.1, 0.15) is 6.92 Å². The van der Waals surface area contributed by atoms with Gasteiger partial charge in [0, 0.05) is 0 Å². The SMILES string of the molecule is C[CH2][Hg].O=S(=O)(O)O. The molecule has 0 radical (unpaired) electrons. The predicted octanol–water partition coefficient (Wildman–Crippen LogP) is 0.319. The topological polar surface area (TPSA) is 74.6 Å². The van der Waals surface area contributed by atoms with Crippen LogP contribution >= 0.6 is 0 Å². The second-order valence-electron chi connectivity index (χ2n) is 0.948. The van der Waals surface area contributed by atoms with Crippen molar-refractivity contribution in [3.05, 3.63) is 0 Å². The van der Waals surface area contributed by atoms with Crippen LogP contribution in [-0.4, -0.2) is 17.5 Å². The number of hydrogen-bond donors (Lipinski definition) is 2. The molecule has 0 aliphatic carbocycles. The molecule has 0 spiro atoms. The fourth-order valence-corrected chi connectivity index (χ4v) is 0. The Morgan fingerprint density at radius 1 is 1.50 bits per heavy atom. The van der Waals surface area contributed by atoms with E-state index in [1.54, 1.807) is 0 Å². The summed E-state index contributed by atoms with van der Waals surface area (Å²) in [5.74, 6) is 0. The Morgan fingerprint density at radius 3 is 1.50 bits per heavy atom. The maximum atomic E-state index is 8.74. The molecule has 0 bridgehead atoms. The van der Waals surface area contributed by atoms with Crippen molar-refractivity contribution in [3.63, 3.8) is 0 Å². The summed E-state index contributed by atoms with van der Waals surface area (Å²) >= 11 is 1.07. The molecule has 0 amide bonds. The average Bonchev–Trinajstić information content (AvgIpc) is 1.27. The van der Waals surface area contributed by atoms with Gasteiger partial charge < -0.3 is 0 Å². The van der Waals surface area contributed by atoms with Gasteiger partial charge in [-0.1, -0.05) is 0 Å². The Kier molecular flexibility index (Phi) is 8.59. The van der Waals surface area contributed by atoms with Crippen LogP contribution in [0.5, 0.6) is 0 Å². The maximum absolute atomic E-state index is 8.74. The molecule has 47 valence electrons. The van der Waals surface area contributed by atoms with Crippen LogP contribution in [0.25, 0.3) is 0 Å². The molecule has 0 aromatic heterocycles. The van der Waals surface area contributed by atoms with Gasteiger partial charge in [0.25, 0.3) is 0 Å². The third-order valence-electron chi connectivity index (χ3n) is 0. The summed E-state index contributed by atoms with van der Waals surface area (Å²) in [5, 5.41) is 0. The summed E-state index contributed by atoms with van der Waals surface area (Å²) < 4.78 is 33.0. The van der Waals surface area contributed by atoms with E-state index in [1.165, 1.54) is 3.93 Å². The van der Waals surface area contributed by atoms with E-state index in [9.17, 15) is 0 Å². The Bertz CT molecular complexity index is 108. The first-order valence-corrected chi connectivity index (χ1v) is 7.19. The van der Waals surface area contributed by atoms with Gasteiger partial charge in [-0.15, -0.1) is 0 Å². The molecule has 2 N–H and O–H groups in total. The van der Waals surface area contributed by atoms with E-state index in [2.05, 4.69) is 6.92 Å². The first-order chi connectivity index (χ1) is 3.41. The smallest absolute Gasteiger partial charge is 0.264 e. The molecule has 0 unspecified atom stereocenters. The minimum atomic E-state index is -4.67. The van der Waals surface area contributed by atoms with Gasteiger partial charge in [-0.3, -0.25) is 9.11 Å². The van der Waals surface area contributed by atoms with Gasteiger partial charge in [-0.2, -0.15) is 8.42 Å². The van der Waals surface area contributed by atoms with Gasteiger partial charge in [-0.05, 0) is 0 Å². The quantitative estimate of drug-likeness (QED) is 0.496. The third-order valence-corrected chi connectivity index (χ3v) is 0. The summed E-state index contributed by atoms with van der Waals surface area (Å²) in [6.45, 7) is 2.21. The second kappa shape index (κ2) is 5.93. The molecule has 0 rings (SSSR count). The molecule has 0 saturated heterocycles. The normalized spacial score (nSPS) is 9.62. The van der Waals surface area contributed by atoms with E-state index in [0.717, 1.165) is 26.1 Å². The standard InChI is InChI=1S/C2H5.Hg.H2O4S/c1-2;;1-5(2,3)4/h1H2,2H3;;(H2,1,2,3,4). The molecule has 0 aliphatic rings. The molecular weight excluding hydrogens is 321 g/mol.